The molecule has 0 aromatic heterocycles. The maximum absolute atomic E-state index is 2.57. The SMILES string of the molecule is CC(C)(C)c1ccc2c(c1)c1cc3c4cc(C(C)(C)C)ccc4c4c5c6ccc(C(C)(C)C)cc6c6ccc7cc2c1c(c7c65)c34. The molecule has 10 aromatic rings. The fraction of sp³-hybridized carbons (Fsp3) is 0.261. The van der Waals surface area contributed by atoms with Crippen LogP contribution in [0.4, 0.5) is 0 Å². The summed E-state index contributed by atoms with van der Waals surface area (Å²) in [4.78, 5) is 0. The van der Waals surface area contributed by atoms with Crippen molar-refractivity contribution in [2.24, 2.45) is 0 Å². The van der Waals surface area contributed by atoms with Crippen LogP contribution in [0.15, 0.2) is 78.9 Å². The monoisotopic (exact) mass is 592 g/mol. The Morgan fingerprint density at radius 3 is 1.15 bits per heavy atom. The molecule has 0 spiro atoms. The fourth-order valence-corrected chi connectivity index (χ4v) is 8.99. The zero-order valence-electron chi connectivity index (χ0n) is 28.5. The lowest BCUT2D eigenvalue weighted by Crippen LogP contribution is -2.10. The molecular weight excluding hydrogens is 553 g/mol. The molecule has 0 amide bonds. The van der Waals surface area contributed by atoms with Gasteiger partial charge < -0.3 is 0 Å². The van der Waals surface area contributed by atoms with Gasteiger partial charge in [0, 0.05) is 0 Å². The average Bonchev–Trinajstić information content (AvgIpc) is 3.61. The van der Waals surface area contributed by atoms with Gasteiger partial charge in [0.1, 0.15) is 0 Å². The Hall–Kier alpha value is -4.42. The normalized spacial score (nSPS) is 14.2. The van der Waals surface area contributed by atoms with E-state index in [4.69, 9.17) is 0 Å². The summed E-state index contributed by atoms with van der Waals surface area (Å²) < 4.78 is 0. The molecule has 0 unspecified atom stereocenters. The second-order valence-corrected chi connectivity index (χ2v) is 17.4. The Kier molecular flexibility index (Phi) is 4.61. The average molecular weight is 593 g/mol. The molecule has 0 fully saturated rings. The zero-order valence-corrected chi connectivity index (χ0v) is 28.5. The van der Waals surface area contributed by atoms with Gasteiger partial charge in [-0.1, -0.05) is 111 Å². The summed E-state index contributed by atoms with van der Waals surface area (Å²) in [7, 11) is 0. The molecule has 0 saturated carbocycles. The van der Waals surface area contributed by atoms with Gasteiger partial charge in [-0.3, -0.25) is 0 Å². The van der Waals surface area contributed by atoms with Crippen LogP contribution in [0, 0.1) is 0 Å². The minimum Gasteiger partial charge on any atom is -0.0578 e. The van der Waals surface area contributed by atoms with E-state index in [0.717, 1.165) is 0 Å². The van der Waals surface area contributed by atoms with E-state index in [1.54, 1.807) is 0 Å². The number of benzene rings is 7. The smallest absolute Gasteiger partial charge is 0.000114 e. The van der Waals surface area contributed by atoms with Crippen LogP contribution < -0.4 is 0 Å². The Morgan fingerprint density at radius 2 is 0.630 bits per heavy atom. The maximum Gasteiger partial charge on any atom is -0.000114 e. The van der Waals surface area contributed by atoms with E-state index in [0.29, 0.717) is 0 Å². The number of fused-ring (bicyclic) bond motifs is 10. The van der Waals surface area contributed by atoms with Gasteiger partial charge in [-0.05, 0) is 160 Å². The molecular formula is C46H40. The number of hydrogen-bond acceptors (Lipinski definition) is 0. The van der Waals surface area contributed by atoms with E-state index in [9.17, 15) is 0 Å². The summed E-state index contributed by atoms with van der Waals surface area (Å²) in [5.74, 6) is 0. The Bertz CT molecular complexity index is 2870. The van der Waals surface area contributed by atoms with Crippen LogP contribution in [-0.4, -0.2) is 0 Å². The van der Waals surface area contributed by atoms with Crippen LogP contribution in [0.1, 0.15) is 79.0 Å². The van der Waals surface area contributed by atoms with Crippen LogP contribution >= 0.6 is 0 Å². The van der Waals surface area contributed by atoms with Crippen LogP contribution in [-0.2, 0) is 16.2 Å². The molecule has 10 rings (SSSR count). The summed E-state index contributed by atoms with van der Waals surface area (Å²) in [6.07, 6.45) is 0. The van der Waals surface area contributed by atoms with Crippen LogP contribution in [0.5, 0.6) is 0 Å². The second-order valence-electron chi connectivity index (χ2n) is 17.4. The van der Waals surface area contributed by atoms with Crippen molar-refractivity contribution in [1.82, 2.24) is 0 Å². The van der Waals surface area contributed by atoms with Crippen molar-refractivity contribution in [3.63, 3.8) is 0 Å². The van der Waals surface area contributed by atoms with E-state index >= 15 is 0 Å². The van der Waals surface area contributed by atoms with Gasteiger partial charge in [-0.15, -0.1) is 0 Å². The van der Waals surface area contributed by atoms with Crippen molar-refractivity contribution in [3.05, 3.63) is 95.6 Å². The first kappa shape index (κ1) is 26.8. The van der Waals surface area contributed by atoms with E-state index < -0.39 is 0 Å². The fourth-order valence-electron chi connectivity index (χ4n) is 8.99. The van der Waals surface area contributed by atoms with Gasteiger partial charge in [0.2, 0.25) is 0 Å². The minimum absolute atomic E-state index is 0.0764. The highest BCUT2D eigenvalue weighted by atomic mass is 14.3. The Balaban J connectivity index is 1.54. The summed E-state index contributed by atoms with van der Waals surface area (Å²) >= 11 is 0. The molecule has 0 aliphatic heterocycles. The van der Waals surface area contributed by atoms with Gasteiger partial charge in [0.25, 0.3) is 0 Å². The molecule has 0 radical (unpaired) electrons. The molecule has 224 valence electrons. The van der Waals surface area contributed by atoms with Crippen LogP contribution in [0.25, 0.3) is 97.0 Å². The molecule has 0 atom stereocenters. The van der Waals surface area contributed by atoms with Gasteiger partial charge in [-0.25, -0.2) is 0 Å². The predicted molar refractivity (Wildman–Crippen MR) is 205 cm³/mol. The second kappa shape index (κ2) is 7.92. The van der Waals surface area contributed by atoms with E-state index in [2.05, 4.69) is 141 Å². The lowest BCUT2D eigenvalue weighted by Gasteiger charge is -2.19. The first-order chi connectivity index (χ1) is 21.7. The first-order valence-corrected chi connectivity index (χ1v) is 17.0. The summed E-state index contributed by atoms with van der Waals surface area (Å²) in [6, 6.07) is 31.8. The highest BCUT2D eigenvalue weighted by molar-refractivity contribution is 6.55. The van der Waals surface area contributed by atoms with E-state index in [-0.39, 0.29) is 16.2 Å². The largest absolute Gasteiger partial charge is 0.0578 e. The third kappa shape index (κ3) is 3.11. The van der Waals surface area contributed by atoms with E-state index in [1.807, 2.05) is 0 Å². The third-order valence-corrected chi connectivity index (χ3v) is 11.5. The molecule has 0 aliphatic carbocycles. The highest BCUT2D eigenvalue weighted by Gasteiger charge is 2.29. The van der Waals surface area contributed by atoms with Crippen molar-refractivity contribution in [2.75, 3.05) is 0 Å². The maximum atomic E-state index is 2.57. The summed E-state index contributed by atoms with van der Waals surface area (Å²) in [6.45, 7) is 21.0. The van der Waals surface area contributed by atoms with Crippen LogP contribution in [0.3, 0.4) is 0 Å². The quantitative estimate of drug-likeness (QED) is 0.154. The van der Waals surface area contributed by atoms with Crippen molar-refractivity contribution in [1.29, 1.82) is 0 Å². The standard InChI is InChI=1S/C46H40/c1-44(2,3)24-11-15-27-31(19-24)35-22-36-33-21-26(46(7,8)9)13-17-30(33)41-40-29-16-12-25(45(4,5)6)20-32(29)28-14-10-23-18-34(27)38(35)43(42(36)41)37(23)39(28)40/h10-22H,1-9H3. The van der Waals surface area contributed by atoms with Crippen molar-refractivity contribution >= 4 is 97.0 Å². The molecule has 0 saturated heterocycles. The lowest BCUT2D eigenvalue weighted by molar-refractivity contribution is 0.591. The summed E-state index contributed by atoms with van der Waals surface area (Å²) in [5, 5.41) is 25.5. The molecule has 0 aliphatic rings. The van der Waals surface area contributed by atoms with Gasteiger partial charge >= 0.3 is 0 Å². The topological polar surface area (TPSA) is 0 Å². The van der Waals surface area contributed by atoms with Gasteiger partial charge in [0.05, 0.1) is 0 Å². The van der Waals surface area contributed by atoms with Gasteiger partial charge in [0.15, 0.2) is 0 Å². The lowest BCUT2D eigenvalue weighted by atomic mass is 9.86. The Labute approximate surface area is 270 Å². The molecule has 0 nitrogen and oxygen atoms in total. The van der Waals surface area contributed by atoms with Gasteiger partial charge in [-0.2, -0.15) is 0 Å². The Morgan fingerprint density at radius 1 is 0.261 bits per heavy atom. The number of hydrogen-bond donors (Lipinski definition) is 0. The van der Waals surface area contributed by atoms with Crippen molar-refractivity contribution in [2.45, 2.75) is 78.6 Å². The minimum atomic E-state index is 0.0764. The molecule has 46 heavy (non-hydrogen) atoms. The number of rotatable bonds is 0. The van der Waals surface area contributed by atoms with Crippen molar-refractivity contribution < 1.29 is 0 Å². The highest BCUT2D eigenvalue weighted by Crippen LogP contribution is 2.56. The third-order valence-electron chi connectivity index (χ3n) is 11.5. The van der Waals surface area contributed by atoms with Crippen molar-refractivity contribution in [3.8, 4) is 0 Å². The molecule has 0 N–H and O–H groups in total. The molecule has 0 heterocycles. The molecule has 10 aromatic carbocycles. The van der Waals surface area contributed by atoms with E-state index in [1.165, 1.54) is 114 Å². The first-order valence-electron chi connectivity index (χ1n) is 17.0. The predicted octanol–water partition coefficient (Wildman–Crippen LogP) is 13.7. The molecule has 0 bridgehead atoms. The van der Waals surface area contributed by atoms with Crippen LogP contribution in [0.2, 0.25) is 0 Å². The summed E-state index contributed by atoms with van der Waals surface area (Å²) in [5.41, 5.74) is 4.45. The zero-order chi connectivity index (χ0) is 31.8. The molecule has 0 heteroatoms.